The maximum atomic E-state index is 12.4. The molecule has 1 aromatic rings. The van der Waals surface area contributed by atoms with Crippen LogP contribution in [0.25, 0.3) is 0 Å². The molecule has 0 amide bonds. The van der Waals surface area contributed by atoms with Crippen molar-refractivity contribution in [1.29, 1.82) is 0 Å². The van der Waals surface area contributed by atoms with E-state index in [2.05, 4.69) is 0 Å². The molecular formula is C8H7BClF3O2. The zero-order valence-corrected chi connectivity index (χ0v) is 8.39. The Morgan fingerprint density at radius 3 is 2.20 bits per heavy atom. The predicted octanol–water partition coefficient (Wildman–Crippen LogP) is 1.35. The minimum Gasteiger partial charge on any atom is -0.423 e. The molecule has 0 aromatic heterocycles. The number of rotatable bonds is 1. The van der Waals surface area contributed by atoms with Gasteiger partial charge in [-0.2, -0.15) is 13.2 Å². The molecule has 0 saturated heterocycles. The minimum absolute atomic E-state index is 0.0343. The lowest BCUT2D eigenvalue weighted by Gasteiger charge is -2.12. The Hall–Kier alpha value is -0.715. The van der Waals surface area contributed by atoms with Gasteiger partial charge in [-0.05, 0) is 24.5 Å². The van der Waals surface area contributed by atoms with E-state index < -0.39 is 23.9 Å². The van der Waals surface area contributed by atoms with Crippen LogP contribution in [0.2, 0.25) is 5.02 Å². The summed E-state index contributed by atoms with van der Waals surface area (Å²) < 4.78 is 37.1. The van der Waals surface area contributed by atoms with Crippen molar-refractivity contribution in [2.45, 2.75) is 13.1 Å². The van der Waals surface area contributed by atoms with Crippen LogP contribution >= 0.6 is 11.6 Å². The molecule has 0 bridgehead atoms. The number of aryl methyl sites for hydroxylation is 1. The number of hydrogen-bond acceptors (Lipinski definition) is 2. The highest BCUT2D eigenvalue weighted by atomic mass is 35.5. The van der Waals surface area contributed by atoms with Gasteiger partial charge in [-0.15, -0.1) is 0 Å². The van der Waals surface area contributed by atoms with E-state index in [4.69, 9.17) is 21.6 Å². The van der Waals surface area contributed by atoms with E-state index in [9.17, 15) is 13.2 Å². The van der Waals surface area contributed by atoms with Crippen LogP contribution in [0, 0.1) is 6.92 Å². The van der Waals surface area contributed by atoms with Crippen LogP contribution in [0.15, 0.2) is 12.1 Å². The number of alkyl halides is 3. The van der Waals surface area contributed by atoms with E-state index in [0.717, 1.165) is 12.1 Å². The summed E-state index contributed by atoms with van der Waals surface area (Å²) in [4.78, 5) is 0. The first-order valence-corrected chi connectivity index (χ1v) is 4.34. The van der Waals surface area contributed by atoms with Crippen molar-refractivity contribution < 1.29 is 23.2 Å². The Kier molecular flexibility index (Phi) is 3.33. The van der Waals surface area contributed by atoms with Crippen LogP contribution in [0.5, 0.6) is 0 Å². The molecule has 0 saturated carbocycles. The topological polar surface area (TPSA) is 40.5 Å². The van der Waals surface area contributed by atoms with Crippen LogP contribution < -0.4 is 5.46 Å². The number of hydrogen-bond donors (Lipinski definition) is 2. The molecule has 0 heterocycles. The van der Waals surface area contributed by atoms with Crippen molar-refractivity contribution >= 4 is 24.2 Å². The second-order valence-corrected chi connectivity index (χ2v) is 3.47. The third kappa shape index (κ3) is 2.65. The molecule has 0 aliphatic carbocycles. The summed E-state index contributed by atoms with van der Waals surface area (Å²) in [5.74, 6) is 0. The quantitative estimate of drug-likeness (QED) is 0.725. The van der Waals surface area contributed by atoms with Crippen LogP contribution in [-0.4, -0.2) is 17.2 Å². The average Bonchev–Trinajstić information content (AvgIpc) is 2.06. The van der Waals surface area contributed by atoms with Gasteiger partial charge in [-0.1, -0.05) is 17.2 Å². The largest absolute Gasteiger partial charge is 0.488 e. The zero-order chi connectivity index (χ0) is 11.8. The molecule has 0 aliphatic heterocycles. The lowest BCUT2D eigenvalue weighted by Crippen LogP contribution is -2.32. The summed E-state index contributed by atoms with van der Waals surface area (Å²) in [6.07, 6.45) is -4.54. The molecule has 1 aromatic carbocycles. The van der Waals surface area contributed by atoms with Gasteiger partial charge in [0.1, 0.15) is 0 Å². The van der Waals surface area contributed by atoms with Gasteiger partial charge < -0.3 is 10.0 Å². The van der Waals surface area contributed by atoms with E-state index in [1.165, 1.54) is 6.92 Å². The Morgan fingerprint density at radius 2 is 1.80 bits per heavy atom. The highest BCUT2D eigenvalue weighted by Crippen LogP contribution is 2.34. The van der Waals surface area contributed by atoms with Crippen molar-refractivity contribution in [3.8, 4) is 0 Å². The lowest BCUT2D eigenvalue weighted by atomic mass is 9.77. The van der Waals surface area contributed by atoms with Crippen molar-refractivity contribution in [1.82, 2.24) is 0 Å². The molecular weight excluding hydrogens is 231 g/mol. The maximum Gasteiger partial charge on any atom is 0.488 e. The fourth-order valence-corrected chi connectivity index (χ4v) is 1.47. The van der Waals surface area contributed by atoms with Crippen molar-refractivity contribution in [2.75, 3.05) is 0 Å². The van der Waals surface area contributed by atoms with Gasteiger partial charge >= 0.3 is 13.3 Å². The molecule has 1 rings (SSSR count). The van der Waals surface area contributed by atoms with Gasteiger partial charge in [0.2, 0.25) is 0 Å². The molecule has 0 spiro atoms. The number of halogens is 4. The van der Waals surface area contributed by atoms with Gasteiger partial charge in [0.25, 0.3) is 0 Å². The summed E-state index contributed by atoms with van der Waals surface area (Å²) in [6, 6.07) is 1.70. The van der Waals surface area contributed by atoms with E-state index in [1.54, 1.807) is 0 Å². The summed E-state index contributed by atoms with van der Waals surface area (Å²) in [7, 11) is -1.83. The SMILES string of the molecule is Cc1cc(C(F)(F)F)c(Cl)cc1B(O)O. The Balaban J connectivity index is 3.32. The molecule has 82 valence electrons. The summed E-state index contributed by atoms with van der Waals surface area (Å²) in [5, 5.41) is 17.1. The fraction of sp³-hybridized carbons (Fsp3) is 0.250. The van der Waals surface area contributed by atoms with E-state index in [0.29, 0.717) is 0 Å². The van der Waals surface area contributed by atoms with E-state index >= 15 is 0 Å². The molecule has 0 atom stereocenters. The highest BCUT2D eigenvalue weighted by molar-refractivity contribution is 6.59. The standard InChI is InChI=1S/C8H7BClF3O2/c1-4-2-5(8(11,12)13)7(10)3-6(4)9(14)15/h2-3,14-15H,1H3. The molecule has 0 fully saturated rings. The Labute approximate surface area is 89.4 Å². The summed E-state index contributed by atoms with van der Waals surface area (Å²) >= 11 is 5.39. The Morgan fingerprint density at radius 1 is 1.27 bits per heavy atom. The summed E-state index contributed by atoms with van der Waals surface area (Å²) in [6.45, 7) is 1.35. The monoisotopic (exact) mass is 238 g/mol. The lowest BCUT2D eigenvalue weighted by molar-refractivity contribution is -0.137. The maximum absolute atomic E-state index is 12.4. The number of benzene rings is 1. The first kappa shape index (κ1) is 12.4. The molecule has 0 aliphatic rings. The van der Waals surface area contributed by atoms with Crippen molar-refractivity contribution in [2.24, 2.45) is 0 Å². The first-order chi connectivity index (χ1) is 6.73. The summed E-state index contributed by atoms with van der Waals surface area (Å²) in [5.41, 5.74) is -0.888. The van der Waals surface area contributed by atoms with Crippen LogP contribution in [0.1, 0.15) is 11.1 Å². The fourth-order valence-electron chi connectivity index (χ4n) is 1.19. The predicted molar refractivity (Wildman–Crippen MR) is 51.0 cm³/mol. The molecule has 0 radical (unpaired) electrons. The van der Waals surface area contributed by atoms with Crippen LogP contribution in [0.3, 0.4) is 0 Å². The van der Waals surface area contributed by atoms with Crippen molar-refractivity contribution in [3.05, 3.63) is 28.3 Å². The molecule has 7 heteroatoms. The first-order valence-electron chi connectivity index (χ1n) is 3.97. The smallest absolute Gasteiger partial charge is 0.423 e. The third-order valence-electron chi connectivity index (χ3n) is 1.94. The molecule has 2 N–H and O–H groups in total. The second-order valence-electron chi connectivity index (χ2n) is 3.06. The average molecular weight is 238 g/mol. The van der Waals surface area contributed by atoms with Gasteiger partial charge in [0, 0.05) is 0 Å². The van der Waals surface area contributed by atoms with Gasteiger partial charge in [-0.3, -0.25) is 0 Å². The van der Waals surface area contributed by atoms with Crippen LogP contribution in [0.4, 0.5) is 13.2 Å². The van der Waals surface area contributed by atoms with Crippen LogP contribution in [-0.2, 0) is 6.18 Å². The normalized spacial score (nSPS) is 11.7. The highest BCUT2D eigenvalue weighted by Gasteiger charge is 2.34. The zero-order valence-electron chi connectivity index (χ0n) is 7.64. The van der Waals surface area contributed by atoms with E-state index in [-0.39, 0.29) is 11.0 Å². The second kappa shape index (κ2) is 4.04. The molecule has 0 unspecified atom stereocenters. The van der Waals surface area contributed by atoms with Gasteiger partial charge in [-0.25, -0.2) is 0 Å². The third-order valence-corrected chi connectivity index (χ3v) is 2.25. The molecule has 15 heavy (non-hydrogen) atoms. The van der Waals surface area contributed by atoms with Gasteiger partial charge in [0.15, 0.2) is 0 Å². The van der Waals surface area contributed by atoms with Crippen molar-refractivity contribution in [3.63, 3.8) is 0 Å². The Bertz CT molecular complexity index is 379. The van der Waals surface area contributed by atoms with Gasteiger partial charge in [0.05, 0.1) is 10.6 Å². The van der Waals surface area contributed by atoms with E-state index in [1.807, 2.05) is 0 Å². The molecule has 2 nitrogen and oxygen atoms in total. The minimum atomic E-state index is -4.54.